The second-order valence-corrected chi connectivity index (χ2v) is 9.41. The van der Waals surface area contributed by atoms with Gasteiger partial charge in [-0.25, -0.2) is 4.79 Å². The fourth-order valence-electron chi connectivity index (χ4n) is 5.22. The molecule has 7 heteroatoms. The lowest BCUT2D eigenvalue weighted by Crippen LogP contribution is -2.44. The molecule has 2 aromatic rings. The number of rotatable bonds is 7. The van der Waals surface area contributed by atoms with Crippen molar-refractivity contribution >= 4 is 6.09 Å². The van der Waals surface area contributed by atoms with Crippen molar-refractivity contribution in [3.05, 3.63) is 59.7 Å². The minimum atomic E-state index is -0.193. The van der Waals surface area contributed by atoms with Crippen LogP contribution in [0.5, 0.6) is 11.5 Å². The minimum absolute atomic E-state index is 0.0194. The highest BCUT2D eigenvalue weighted by Gasteiger charge is 2.34. The van der Waals surface area contributed by atoms with Gasteiger partial charge in [0.1, 0.15) is 19.3 Å². The monoisotopic (exact) mass is 461 g/mol. The van der Waals surface area contributed by atoms with Crippen LogP contribution in [0.1, 0.15) is 42.9 Å². The molecular weight excluding hydrogens is 430 g/mol. The van der Waals surface area contributed by atoms with Gasteiger partial charge < -0.3 is 14.2 Å². The summed E-state index contributed by atoms with van der Waals surface area (Å²) < 4.78 is 17.3. The van der Waals surface area contributed by atoms with E-state index >= 15 is 0 Å². The van der Waals surface area contributed by atoms with Gasteiger partial charge in [0.2, 0.25) is 0 Å². The first-order chi connectivity index (χ1) is 16.7. The third kappa shape index (κ3) is 5.13. The highest BCUT2D eigenvalue weighted by atomic mass is 16.6. The zero-order valence-corrected chi connectivity index (χ0v) is 19.4. The minimum Gasteiger partial charge on any atom is -0.486 e. The number of benzene rings is 2. The molecule has 2 saturated heterocycles. The number of carbonyl (C=O) groups excluding carboxylic acids is 1. The Morgan fingerprint density at radius 3 is 2.62 bits per heavy atom. The smallest absolute Gasteiger partial charge is 0.410 e. The molecular formula is C27H31N3O4. The molecule has 2 unspecified atom stereocenters. The van der Waals surface area contributed by atoms with Crippen molar-refractivity contribution < 1.29 is 19.0 Å². The van der Waals surface area contributed by atoms with Gasteiger partial charge in [-0.1, -0.05) is 30.3 Å². The van der Waals surface area contributed by atoms with Crippen LogP contribution in [0, 0.1) is 17.2 Å². The van der Waals surface area contributed by atoms with E-state index in [2.05, 4.69) is 23.1 Å². The largest absolute Gasteiger partial charge is 0.486 e. The predicted octanol–water partition coefficient (Wildman–Crippen LogP) is 4.38. The summed E-state index contributed by atoms with van der Waals surface area (Å²) in [6.07, 6.45) is 4.24. The molecule has 3 heterocycles. The van der Waals surface area contributed by atoms with Gasteiger partial charge in [-0.05, 0) is 62.4 Å². The Kier molecular flexibility index (Phi) is 6.87. The fraction of sp³-hybridized carbons (Fsp3) is 0.481. The number of likely N-dealkylation sites (tertiary alicyclic amines) is 1. The summed E-state index contributed by atoms with van der Waals surface area (Å²) >= 11 is 0. The van der Waals surface area contributed by atoms with Gasteiger partial charge in [0.05, 0.1) is 17.7 Å². The molecule has 1 amide bonds. The molecule has 0 N–H and O–H groups in total. The van der Waals surface area contributed by atoms with Gasteiger partial charge in [-0.15, -0.1) is 0 Å². The van der Waals surface area contributed by atoms with Crippen LogP contribution in [-0.2, 0) is 4.74 Å². The van der Waals surface area contributed by atoms with Crippen LogP contribution in [-0.4, -0.2) is 61.4 Å². The molecule has 7 nitrogen and oxygen atoms in total. The van der Waals surface area contributed by atoms with Crippen LogP contribution < -0.4 is 9.47 Å². The maximum absolute atomic E-state index is 12.2. The van der Waals surface area contributed by atoms with Crippen LogP contribution in [0.3, 0.4) is 0 Å². The van der Waals surface area contributed by atoms with Crippen molar-refractivity contribution in [2.75, 3.05) is 39.4 Å². The molecule has 178 valence electrons. The number of hydrogen-bond donors (Lipinski definition) is 0. The van der Waals surface area contributed by atoms with Crippen LogP contribution in [0.25, 0.3) is 0 Å². The van der Waals surface area contributed by atoms with Gasteiger partial charge in [0.15, 0.2) is 11.5 Å². The molecule has 3 aliphatic rings. The summed E-state index contributed by atoms with van der Waals surface area (Å²) in [5.74, 6) is 2.07. The number of hydrogen-bond acceptors (Lipinski definition) is 6. The molecule has 2 fully saturated rings. The Hall–Kier alpha value is -3.24. The number of amides is 1. The number of nitriles is 1. The van der Waals surface area contributed by atoms with Crippen molar-refractivity contribution in [3.8, 4) is 17.6 Å². The van der Waals surface area contributed by atoms with E-state index < -0.39 is 0 Å². The standard InChI is InChI=1S/C27H31N3O4/c28-16-21-8-9-25-26(15-21)34-23(18-32-25)17-29-13-10-20(11-14-29)5-4-12-30-24(19-33-27(30)31)22-6-2-1-3-7-22/h1-3,6-9,15,20,23-24H,4-5,10-14,17-19H2. The molecule has 0 saturated carbocycles. The van der Waals surface area contributed by atoms with Crippen molar-refractivity contribution in [1.29, 1.82) is 5.26 Å². The predicted molar refractivity (Wildman–Crippen MR) is 127 cm³/mol. The molecule has 0 bridgehead atoms. The first kappa shape index (κ1) is 22.5. The normalized spacial score (nSPS) is 22.9. The first-order valence-corrected chi connectivity index (χ1v) is 12.2. The van der Waals surface area contributed by atoms with Gasteiger partial charge in [0, 0.05) is 19.2 Å². The molecule has 0 aromatic heterocycles. The van der Waals surface area contributed by atoms with Crippen LogP contribution >= 0.6 is 0 Å². The molecule has 0 aliphatic carbocycles. The summed E-state index contributed by atoms with van der Waals surface area (Å²) in [6.45, 7) is 4.66. The Labute approximate surface area is 200 Å². The van der Waals surface area contributed by atoms with Crippen LogP contribution in [0.4, 0.5) is 4.79 Å². The zero-order chi connectivity index (χ0) is 23.3. The van der Waals surface area contributed by atoms with Crippen LogP contribution in [0.2, 0.25) is 0 Å². The van der Waals surface area contributed by atoms with E-state index in [0.717, 1.165) is 57.4 Å². The highest BCUT2D eigenvalue weighted by Crippen LogP contribution is 2.33. The van der Waals surface area contributed by atoms with Crippen molar-refractivity contribution in [2.24, 2.45) is 5.92 Å². The van der Waals surface area contributed by atoms with E-state index in [1.807, 2.05) is 23.1 Å². The summed E-state index contributed by atoms with van der Waals surface area (Å²) in [5.41, 5.74) is 1.73. The average Bonchev–Trinajstić information content (AvgIpc) is 3.25. The van der Waals surface area contributed by atoms with E-state index in [9.17, 15) is 4.79 Å². The van der Waals surface area contributed by atoms with Crippen molar-refractivity contribution in [1.82, 2.24) is 9.80 Å². The van der Waals surface area contributed by atoms with Crippen LogP contribution in [0.15, 0.2) is 48.5 Å². The lowest BCUT2D eigenvalue weighted by molar-refractivity contribution is 0.0469. The topological polar surface area (TPSA) is 75.0 Å². The van der Waals surface area contributed by atoms with E-state index in [1.54, 1.807) is 18.2 Å². The number of piperidine rings is 1. The molecule has 5 rings (SSSR count). The van der Waals surface area contributed by atoms with Crippen molar-refractivity contribution in [3.63, 3.8) is 0 Å². The number of ether oxygens (including phenoxy) is 3. The van der Waals surface area contributed by atoms with E-state index in [-0.39, 0.29) is 18.2 Å². The Bertz CT molecular complexity index is 1030. The lowest BCUT2D eigenvalue weighted by atomic mass is 9.92. The van der Waals surface area contributed by atoms with Crippen molar-refractivity contribution in [2.45, 2.75) is 37.8 Å². The molecule has 0 radical (unpaired) electrons. The molecule has 2 atom stereocenters. The lowest BCUT2D eigenvalue weighted by Gasteiger charge is -2.36. The average molecular weight is 462 g/mol. The van der Waals surface area contributed by atoms with Gasteiger partial charge in [0.25, 0.3) is 0 Å². The fourth-order valence-corrected chi connectivity index (χ4v) is 5.22. The Morgan fingerprint density at radius 2 is 1.82 bits per heavy atom. The van der Waals surface area contributed by atoms with E-state index in [0.29, 0.717) is 36.2 Å². The van der Waals surface area contributed by atoms with E-state index in [4.69, 9.17) is 19.5 Å². The van der Waals surface area contributed by atoms with Gasteiger partial charge >= 0.3 is 6.09 Å². The summed E-state index contributed by atoms with van der Waals surface area (Å²) in [7, 11) is 0. The molecule has 34 heavy (non-hydrogen) atoms. The Morgan fingerprint density at radius 1 is 1.00 bits per heavy atom. The summed E-state index contributed by atoms with van der Waals surface area (Å²) in [4.78, 5) is 16.6. The third-order valence-corrected chi connectivity index (χ3v) is 7.13. The summed E-state index contributed by atoms with van der Waals surface area (Å²) in [5, 5.41) is 9.11. The zero-order valence-electron chi connectivity index (χ0n) is 19.4. The second kappa shape index (κ2) is 10.4. The van der Waals surface area contributed by atoms with Gasteiger partial charge in [-0.2, -0.15) is 5.26 Å². The second-order valence-electron chi connectivity index (χ2n) is 9.41. The third-order valence-electron chi connectivity index (χ3n) is 7.13. The quantitative estimate of drug-likeness (QED) is 0.609. The molecule has 2 aromatic carbocycles. The number of fused-ring (bicyclic) bond motifs is 1. The maximum atomic E-state index is 12.2. The molecule has 3 aliphatic heterocycles. The number of carbonyl (C=O) groups is 1. The number of nitrogens with zero attached hydrogens (tertiary/aromatic N) is 3. The summed E-state index contributed by atoms with van der Waals surface area (Å²) in [6, 6.07) is 17.6. The molecule has 0 spiro atoms. The SMILES string of the molecule is N#Cc1ccc2c(c1)OC(CN1CCC(CCCN3C(=O)OCC3c3ccccc3)CC1)CO2. The highest BCUT2D eigenvalue weighted by molar-refractivity contribution is 5.70. The van der Waals surface area contributed by atoms with Gasteiger partial charge in [-0.3, -0.25) is 9.80 Å². The van der Waals surface area contributed by atoms with E-state index in [1.165, 1.54) is 0 Å². The Balaban J connectivity index is 1.05. The number of cyclic esters (lactones) is 1. The first-order valence-electron chi connectivity index (χ1n) is 12.2. The maximum Gasteiger partial charge on any atom is 0.410 e.